The summed E-state index contributed by atoms with van der Waals surface area (Å²) < 4.78 is 0. The quantitative estimate of drug-likeness (QED) is 0.777. The van der Waals surface area contributed by atoms with Crippen molar-refractivity contribution in [1.29, 1.82) is 0 Å². The molecule has 2 nitrogen and oxygen atoms in total. The van der Waals surface area contributed by atoms with E-state index in [4.69, 9.17) is 0 Å². The van der Waals surface area contributed by atoms with E-state index in [0.717, 1.165) is 24.0 Å². The lowest BCUT2D eigenvalue weighted by Crippen LogP contribution is -2.05. The van der Waals surface area contributed by atoms with Gasteiger partial charge in [0.05, 0.1) is 11.9 Å². The highest BCUT2D eigenvalue weighted by Gasteiger charge is 2.17. The lowest BCUT2D eigenvalue weighted by atomic mass is 9.86. The summed E-state index contributed by atoms with van der Waals surface area (Å²) in [5.74, 6) is 0.752. The Balaban J connectivity index is 0.00000106. The predicted molar refractivity (Wildman–Crippen MR) is 90.1 cm³/mol. The second-order valence-electron chi connectivity index (χ2n) is 5.32. The van der Waals surface area contributed by atoms with Crippen LogP contribution in [-0.2, 0) is 0 Å². The van der Waals surface area contributed by atoms with Gasteiger partial charge in [-0.1, -0.05) is 58.4 Å². The van der Waals surface area contributed by atoms with Crippen molar-refractivity contribution in [3.05, 3.63) is 53.3 Å². The minimum Gasteiger partial charge on any atom is -0.512 e. The van der Waals surface area contributed by atoms with Gasteiger partial charge in [0.2, 0.25) is 0 Å². The number of rotatable bonds is 4. The molecule has 2 atom stereocenters. The van der Waals surface area contributed by atoms with E-state index in [1.165, 1.54) is 5.57 Å². The topological polar surface area (TPSA) is 40.5 Å². The lowest BCUT2D eigenvalue weighted by Gasteiger charge is -2.20. The van der Waals surface area contributed by atoms with E-state index in [-0.39, 0.29) is 6.10 Å². The smallest absolute Gasteiger partial charge is 0.0928 e. The summed E-state index contributed by atoms with van der Waals surface area (Å²) in [6.07, 6.45) is 5.82. The van der Waals surface area contributed by atoms with Crippen LogP contribution in [0.4, 0.5) is 0 Å². The fraction of sp³-hybridized carbons (Fsp3) is 0.474. The first kappa shape index (κ1) is 17.5. The van der Waals surface area contributed by atoms with Crippen LogP contribution in [-0.4, -0.2) is 10.2 Å². The van der Waals surface area contributed by atoms with Crippen LogP contribution >= 0.6 is 0 Å². The Kier molecular flexibility index (Phi) is 7.24. The third-order valence-electron chi connectivity index (χ3n) is 3.67. The minimum atomic E-state index is -0.381. The maximum atomic E-state index is 10.1. The minimum absolute atomic E-state index is 0.309. The van der Waals surface area contributed by atoms with E-state index in [1.54, 1.807) is 6.08 Å². The zero-order valence-corrected chi connectivity index (χ0v) is 13.6. The maximum Gasteiger partial charge on any atom is 0.0928 e. The zero-order chi connectivity index (χ0) is 15.8. The van der Waals surface area contributed by atoms with E-state index in [0.29, 0.717) is 18.1 Å². The molecule has 2 heteroatoms. The molecule has 0 saturated heterocycles. The number of hydrogen-bond donors (Lipinski definition) is 2. The van der Waals surface area contributed by atoms with Gasteiger partial charge in [0.1, 0.15) is 0 Å². The van der Waals surface area contributed by atoms with Crippen molar-refractivity contribution in [1.82, 2.24) is 0 Å². The molecule has 2 unspecified atom stereocenters. The van der Waals surface area contributed by atoms with Crippen LogP contribution in [0.15, 0.2) is 42.2 Å². The first-order valence-corrected chi connectivity index (χ1v) is 8.00. The van der Waals surface area contributed by atoms with Gasteiger partial charge in [0.25, 0.3) is 0 Å². The highest BCUT2D eigenvalue weighted by Crippen LogP contribution is 2.32. The summed E-state index contributed by atoms with van der Waals surface area (Å²) in [5, 5.41) is 19.6. The van der Waals surface area contributed by atoms with Crippen LogP contribution < -0.4 is 0 Å². The summed E-state index contributed by atoms with van der Waals surface area (Å²) >= 11 is 0. The number of hydrogen-bond acceptors (Lipinski definition) is 2. The molecule has 1 aliphatic rings. The van der Waals surface area contributed by atoms with Crippen molar-refractivity contribution in [2.45, 2.75) is 53.1 Å². The van der Waals surface area contributed by atoms with E-state index < -0.39 is 0 Å². The molecule has 0 spiro atoms. The largest absolute Gasteiger partial charge is 0.512 e. The second-order valence-corrected chi connectivity index (χ2v) is 5.32. The molecular weight excluding hydrogens is 260 g/mol. The predicted octanol–water partition coefficient (Wildman–Crippen LogP) is 5.41. The number of benzene rings is 1. The third kappa shape index (κ3) is 4.75. The summed E-state index contributed by atoms with van der Waals surface area (Å²) in [6.45, 7) is 8.19. The number of allylic oxidation sites excluding steroid dienone is 4. The molecule has 0 heterocycles. The molecule has 2 rings (SSSR count). The maximum absolute atomic E-state index is 10.1. The average Bonchev–Trinajstić information content (AvgIpc) is 2.49. The summed E-state index contributed by atoms with van der Waals surface area (Å²) in [7, 11) is 0. The molecule has 1 aromatic carbocycles. The van der Waals surface area contributed by atoms with Gasteiger partial charge in [-0.2, -0.15) is 0 Å². The van der Waals surface area contributed by atoms with E-state index >= 15 is 0 Å². The molecule has 0 aliphatic heterocycles. The Labute approximate surface area is 128 Å². The zero-order valence-electron chi connectivity index (χ0n) is 13.6. The molecule has 0 aromatic heterocycles. The molecule has 0 saturated carbocycles. The van der Waals surface area contributed by atoms with Crippen LogP contribution in [0.3, 0.4) is 0 Å². The molecule has 0 fully saturated rings. The van der Waals surface area contributed by atoms with E-state index in [9.17, 15) is 10.2 Å². The SMILES string of the molecule is CC.CCCC(O)c1cccc(C2=CC=C(O)CC2C)c1. The Morgan fingerprint density at radius 3 is 2.57 bits per heavy atom. The Hall–Kier alpha value is -1.54. The second kappa shape index (κ2) is 8.68. The van der Waals surface area contributed by atoms with Crippen LogP contribution in [0, 0.1) is 5.92 Å². The molecule has 1 aliphatic carbocycles. The Morgan fingerprint density at radius 1 is 1.24 bits per heavy atom. The highest BCUT2D eigenvalue weighted by molar-refractivity contribution is 5.70. The van der Waals surface area contributed by atoms with E-state index in [2.05, 4.69) is 26.0 Å². The van der Waals surface area contributed by atoms with Crippen molar-refractivity contribution >= 4 is 5.57 Å². The fourth-order valence-electron chi connectivity index (χ4n) is 2.59. The number of aliphatic hydroxyl groups is 2. The molecule has 0 radical (unpaired) electrons. The van der Waals surface area contributed by atoms with E-state index in [1.807, 2.05) is 32.1 Å². The van der Waals surface area contributed by atoms with Crippen LogP contribution in [0.1, 0.15) is 64.2 Å². The highest BCUT2D eigenvalue weighted by atomic mass is 16.3. The Bertz CT molecular complexity index is 500. The van der Waals surface area contributed by atoms with Gasteiger partial charge in [0.15, 0.2) is 0 Å². The van der Waals surface area contributed by atoms with Crippen molar-refractivity contribution in [3.63, 3.8) is 0 Å². The molecular formula is C19H28O2. The molecule has 0 bridgehead atoms. The Morgan fingerprint density at radius 2 is 1.95 bits per heavy atom. The van der Waals surface area contributed by atoms with Gasteiger partial charge in [-0.3, -0.25) is 0 Å². The molecule has 116 valence electrons. The van der Waals surface area contributed by atoms with Gasteiger partial charge in [-0.15, -0.1) is 0 Å². The fourth-order valence-corrected chi connectivity index (χ4v) is 2.59. The average molecular weight is 288 g/mol. The van der Waals surface area contributed by atoms with Gasteiger partial charge in [-0.25, -0.2) is 0 Å². The summed E-state index contributed by atoms with van der Waals surface area (Å²) in [5.41, 5.74) is 3.35. The van der Waals surface area contributed by atoms with Crippen molar-refractivity contribution < 1.29 is 10.2 Å². The molecule has 0 amide bonds. The van der Waals surface area contributed by atoms with Gasteiger partial charge < -0.3 is 10.2 Å². The van der Waals surface area contributed by atoms with Crippen molar-refractivity contribution in [2.24, 2.45) is 5.92 Å². The summed E-state index contributed by atoms with van der Waals surface area (Å²) in [6, 6.07) is 8.11. The first-order chi connectivity index (χ1) is 10.1. The standard InChI is InChI=1S/C17H22O2.C2H6/c1-3-5-17(19)14-7-4-6-13(11-14)16-9-8-15(18)10-12(16)2;1-2/h4,6-9,11-12,17-19H,3,5,10H2,1-2H3;1-2H3. The van der Waals surface area contributed by atoms with Crippen LogP contribution in [0.2, 0.25) is 0 Å². The van der Waals surface area contributed by atoms with Crippen molar-refractivity contribution in [2.75, 3.05) is 0 Å². The first-order valence-electron chi connectivity index (χ1n) is 8.00. The normalized spacial score (nSPS) is 19.0. The summed E-state index contributed by atoms with van der Waals surface area (Å²) in [4.78, 5) is 0. The van der Waals surface area contributed by atoms with Gasteiger partial charge >= 0.3 is 0 Å². The molecule has 2 N–H and O–H groups in total. The third-order valence-corrected chi connectivity index (χ3v) is 3.67. The van der Waals surface area contributed by atoms with Crippen LogP contribution in [0.5, 0.6) is 0 Å². The monoisotopic (exact) mass is 288 g/mol. The molecule has 1 aromatic rings. The lowest BCUT2D eigenvalue weighted by molar-refractivity contribution is 0.166. The van der Waals surface area contributed by atoms with Gasteiger partial charge in [-0.05, 0) is 41.2 Å². The van der Waals surface area contributed by atoms with Crippen molar-refractivity contribution in [3.8, 4) is 0 Å². The number of aliphatic hydroxyl groups excluding tert-OH is 2. The van der Waals surface area contributed by atoms with Crippen LogP contribution in [0.25, 0.3) is 5.57 Å². The van der Waals surface area contributed by atoms with Gasteiger partial charge in [0, 0.05) is 6.42 Å². The molecule has 21 heavy (non-hydrogen) atoms.